The summed E-state index contributed by atoms with van der Waals surface area (Å²) >= 11 is 0. The summed E-state index contributed by atoms with van der Waals surface area (Å²) in [6.45, 7) is 1.33. The molecule has 0 aromatic heterocycles. The maximum absolute atomic E-state index is 13.3. The van der Waals surface area contributed by atoms with Crippen molar-refractivity contribution in [1.82, 2.24) is 4.90 Å². The lowest BCUT2D eigenvalue weighted by atomic mass is 10.2. The number of hydrogen-bond acceptors (Lipinski definition) is 2. The molecule has 2 amide bonds. The van der Waals surface area contributed by atoms with Crippen LogP contribution in [-0.4, -0.2) is 29.8 Å². The monoisotopic (exact) mass is 268 g/mol. The molecule has 0 radical (unpaired) electrons. The Balaban J connectivity index is 1.91. The zero-order valence-corrected chi connectivity index (χ0v) is 10.3. The number of halogens is 2. The van der Waals surface area contributed by atoms with Crippen LogP contribution in [0.25, 0.3) is 0 Å². The van der Waals surface area contributed by atoms with Crippen molar-refractivity contribution in [3.63, 3.8) is 0 Å². The highest BCUT2D eigenvalue weighted by Gasteiger charge is 2.20. The third-order valence-electron chi connectivity index (χ3n) is 2.98. The molecule has 1 aliphatic rings. The van der Waals surface area contributed by atoms with Gasteiger partial charge in [0.25, 0.3) is 0 Å². The summed E-state index contributed by atoms with van der Waals surface area (Å²) < 4.78 is 26.0. The van der Waals surface area contributed by atoms with Crippen molar-refractivity contribution in [3.8, 4) is 0 Å². The van der Waals surface area contributed by atoms with Crippen LogP contribution < -0.4 is 5.32 Å². The Labute approximate surface area is 109 Å². The lowest BCUT2D eigenvalue weighted by Gasteiger charge is -2.14. The third-order valence-corrected chi connectivity index (χ3v) is 2.98. The number of amides is 2. The average molecular weight is 268 g/mol. The molecule has 0 atom stereocenters. The van der Waals surface area contributed by atoms with E-state index in [0.29, 0.717) is 19.2 Å². The number of carbonyl (C=O) groups excluding carboxylic acids is 2. The van der Waals surface area contributed by atoms with E-state index in [9.17, 15) is 18.4 Å². The van der Waals surface area contributed by atoms with Crippen LogP contribution in [0.2, 0.25) is 0 Å². The standard InChI is InChI=1S/C13H14F2N2O2/c14-9-3-4-11(10(15)7-9)16-12(18)8-13(19)17-5-1-2-6-17/h3-4,7H,1-2,5-6,8H2,(H,16,18). The zero-order chi connectivity index (χ0) is 13.8. The van der Waals surface area contributed by atoms with Crippen LogP contribution in [0.3, 0.4) is 0 Å². The lowest BCUT2D eigenvalue weighted by Crippen LogP contribution is -2.31. The van der Waals surface area contributed by atoms with Crippen LogP contribution >= 0.6 is 0 Å². The second-order valence-electron chi connectivity index (χ2n) is 4.44. The Bertz CT molecular complexity index is 499. The first-order valence-corrected chi connectivity index (χ1v) is 6.09. The first-order valence-electron chi connectivity index (χ1n) is 6.09. The van der Waals surface area contributed by atoms with E-state index in [2.05, 4.69) is 5.32 Å². The van der Waals surface area contributed by atoms with Crippen LogP contribution in [0.5, 0.6) is 0 Å². The second-order valence-corrected chi connectivity index (χ2v) is 4.44. The number of benzene rings is 1. The Kier molecular flexibility index (Phi) is 4.09. The summed E-state index contributed by atoms with van der Waals surface area (Å²) in [5.41, 5.74) is -0.124. The molecule has 4 nitrogen and oxygen atoms in total. The van der Waals surface area contributed by atoms with Gasteiger partial charge in [-0.3, -0.25) is 9.59 Å². The molecule has 1 fully saturated rings. The molecule has 1 N–H and O–H groups in total. The molecule has 1 heterocycles. The van der Waals surface area contributed by atoms with Gasteiger partial charge in [0.1, 0.15) is 18.1 Å². The maximum Gasteiger partial charge on any atom is 0.233 e. The molecule has 1 saturated heterocycles. The van der Waals surface area contributed by atoms with Crippen LogP contribution in [0.15, 0.2) is 18.2 Å². The van der Waals surface area contributed by atoms with Crippen LogP contribution in [-0.2, 0) is 9.59 Å². The van der Waals surface area contributed by atoms with Gasteiger partial charge in [-0.1, -0.05) is 0 Å². The van der Waals surface area contributed by atoms with Crippen LogP contribution in [0.4, 0.5) is 14.5 Å². The number of anilines is 1. The predicted molar refractivity (Wildman–Crippen MR) is 65.4 cm³/mol. The summed E-state index contributed by atoms with van der Waals surface area (Å²) in [5.74, 6) is -2.44. The van der Waals surface area contributed by atoms with E-state index >= 15 is 0 Å². The van der Waals surface area contributed by atoms with E-state index in [1.165, 1.54) is 0 Å². The Morgan fingerprint density at radius 1 is 1.21 bits per heavy atom. The lowest BCUT2D eigenvalue weighted by molar-refractivity contribution is -0.133. The van der Waals surface area contributed by atoms with Crippen molar-refractivity contribution in [3.05, 3.63) is 29.8 Å². The normalized spacial score (nSPS) is 14.5. The summed E-state index contributed by atoms with van der Waals surface area (Å²) in [6, 6.07) is 2.85. The minimum atomic E-state index is -0.859. The van der Waals surface area contributed by atoms with E-state index in [1.807, 2.05) is 0 Å². The summed E-state index contributed by atoms with van der Waals surface area (Å²) in [6.07, 6.45) is 1.57. The van der Waals surface area contributed by atoms with E-state index in [0.717, 1.165) is 25.0 Å². The first-order chi connectivity index (χ1) is 9.06. The molecular formula is C13H14F2N2O2. The molecule has 102 valence electrons. The smallest absolute Gasteiger partial charge is 0.233 e. The average Bonchev–Trinajstić information content (AvgIpc) is 2.86. The summed E-state index contributed by atoms with van der Waals surface area (Å²) in [5, 5.41) is 2.26. The van der Waals surface area contributed by atoms with Crippen molar-refractivity contribution in [2.75, 3.05) is 18.4 Å². The molecule has 1 aliphatic heterocycles. The molecule has 1 aromatic rings. The highest BCUT2D eigenvalue weighted by atomic mass is 19.1. The van der Waals surface area contributed by atoms with Gasteiger partial charge in [-0.25, -0.2) is 8.78 Å². The van der Waals surface area contributed by atoms with Gasteiger partial charge in [0.15, 0.2) is 0 Å². The van der Waals surface area contributed by atoms with E-state index in [1.54, 1.807) is 4.90 Å². The van der Waals surface area contributed by atoms with Gasteiger partial charge in [0.2, 0.25) is 11.8 Å². The van der Waals surface area contributed by atoms with E-state index in [4.69, 9.17) is 0 Å². The number of hydrogen-bond donors (Lipinski definition) is 1. The number of nitrogens with zero attached hydrogens (tertiary/aromatic N) is 1. The fourth-order valence-electron chi connectivity index (χ4n) is 2.00. The molecule has 0 aliphatic carbocycles. The van der Waals surface area contributed by atoms with Gasteiger partial charge in [-0.2, -0.15) is 0 Å². The fraction of sp³-hybridized carbons (Fsp3) is 0.385. The Morgan fingerprint density at radius 2 is 1.89 bits per heavy atom. The van der Waals surface area contributed by atoms with Crippen LogP contribution in [0, 0.1) is 11.6 Å². The van der Waals surface area contributed by atoms with Crippen molar-refractivity contribution >= 4 is 17.5 Å². The second kappa shape index (κ2) is 5.77. The highest BCUT2D eigenvalue weighted by molar-refractivity contribution is 6.03. The number of carbonyl (C=O) groups is 2. The number of rotatable bonds is 3. The molecule has 19 heavy (non-hydrogen) atoms. The summed E-state index contributed by atoms with van der Waals surface area (Å²) in [7, 11) is 0. The van der Waals surface area contributed by atoms with Gasteiger partial charge in [-0.15, -0.1) is 0 Å². The Morgan fingerprint density at radius 3 is 2.53 bits per heavy atom. The SMILES string of the molecule is O=C(CC(=O)N1CCCC1)Nc1ccc(F)cc1F. The largest absolute Gasteiger partial charge is 0.342 e. The van der Waals surface area contributed by atoms with Gasteiger partial charge in [-0.05, 0) is 25.0 Å². The molecule has 0 unspecified atom stereocenters. The molecule has 0 bridgehead atoms. The zero-order valence-electron chi connectivity index (χ0n) is 10.3. The van der Waals surface area contributed by atoms with Crippen molar-refractivity contribution in [2.24, 2.45) is 0 Å². The topological polar surface area (TPSA) is 49.4 Å². The predicted octanol–water partition coefficient (Wildman–Crippen LogP) is 1.92. The van der Waals surface area contributed by atoms with Gasteiger partial charge in [0, 0.05) is 19.2 Å². The first kappa shape index (κ1) is 13.5. The molecule has 2 rings (SSSR count). The minimum absolute atomic E-state index is 0.124. The minimum Gasteiger partial charge on any atom is -0.342 e. The fourth-order valence-corrected chi connectivity index (χ4v) is 2.00. The van der Waals surface area contributed by atoms with E-state index < -0.39 is 17.5 Å². The van der Waals surface area contributed by atoms with Crippen molar-refractivity contribution in [1.29, 1.82) is 0 Å². The number of nitrogens with one attached hydrogen (secondary N) is 1. The third kappa shape index (κ3) is 3.49. The summed E-state index contributed by atoms with van der Waals surface area (Å²) in [4.78, 5) is 24.9. The van der Waals surface area contributed by atoms with Crippen molar-refractivity contribution < 1.29 is 18.4 Å². The van der Waals surface area contributed by atoms with Gasteiger partial charge in [0.05, 0.1) is 5.69 Å². The maximum atomic E-state index is 13.3. The Hall–Kier alpha value is -1.98. The molecule has 6 heteroatoms. The molecule has 1 aromatic carbocycles. The van der Waals surface area contributed by atoms with E-state index in [-0.39, 0.29) is 18.0 Å². The van der Waals surface area contributed by atoms with Gasteiger partial charge < -0.3 is 10.2 Å². The highest BCUT2D eigenvalue weighted by Crippen LogP contribution is 2.15. The molecule has 0 spiro atoms. The van der Waals surface area contributed by atoms with Crippen molar-refractivity contribution in [2.45, 2.75) is 19.3 Å². The van der Waals surface area contributed by atoms with Gasteiger partial charge >= 0.3 is 0 Å². The quantitative estimate of drug-likeness (QED) is 0.851. The van der Waals surface area contributed by atoms with Crippen LogP contribution in [0.1, 0.15) is 19.3 Å². The molecular weight excluding hydrogens is 254 g/mol. The number of likely N-dealkylation sites (tertiary alicyclic amines) is 1. The molecule has 0 saturated carbocycles.